The molecule has 1 atom stereocenters. The first kappa shape index (κ1) is 15.0. The summed E-state index contributed by atoms with van der Waals surface area (Å²) in [7, 11) is 1.93. The molecule has 0 fully saturated rings. The fourth-order valence-corrected chi connectivity index (χ4v) is 2.79. The summed E-state index contributed by atoms with van der Waals surface area (Å²) in [5, 5.41) is 4.00. The van der Waals surface area contributed by atoms with Gasteiger partial charge in [-0.2, -0.15) is 0 Å². The Morgan fingerprint density at radius 3 is 2.60 bits per heavy atom. The number of hydrogen-bond acceptors (Lipinski definition) is 1. The lowest BCUT2D eigenvalue weighted by Gasteiger charge is -2.19. The van der Waals surface area contributed by atoms with Crippen LogP contribution in [0.1, 0.15) is 22.6 Å². The molecular formula is C17H19ClFN. The van der Waals surface area contributed by atoms with Crippen LogP contribution in [0.15, 0.2) is 42.5 Å². The lowest BCUT2D eigenvalue weighted by molar-refractivity contribution is 0.613. The van der Waals surface area contributed by atoms with E-state index >= 15 is 0 Å². The molecule has 0 aromatic heterocycles. The van der Waals surface area contributed by atoms with Gasteiger partial charge in [0.05, 0.1) is 0 Å². The summed E-state index contributed by atoms with van der Waals surface area (Å²) in [5.41, 5.74) is 3.27. The molecule has 0 radical (unpaired) electrons. The molecule has 2 aromatic rings. The lowest BCUT2D eigenvalue weighted by atomic mass is 9.90. The molecule has 0 saturated heterocycles. The first-order chi connectivity index (χ1) is 9.61. The molecule has 0 aliphatic rings. The Balaban J connectivity index is 2.28. The van der Waals surface area contributed by atoms with Crippen molar-refractivity contribution in [2.75, 3.05) is 13.6 Å². The minimum absolute atomic E-state index is 0.186. The monoisotopic (exact) mass is 291 g/mol. The van der Waals surface area contributed by atoms with E-state index in [1.807, 2.05) is 38.2 Å². The van der Waals surface area contributed by atoms with Crippen LogP contribution in [0.2, 0.25) is 5.02 Å². The summed E-state index contributed by atoms with van der Waals surface area (Å²) >= 11 is 6.30. The van der Waals surface area contributed by atoms with Crippen LogP contribution in [0.3, 0.4) is 0 Å². The number of rotatable bonds is 5. The number of hydrogen-bond donors (Lipinski definition) is 1. The van der Waals surface area contributed by atoms with E-state index in [4.69, 9.17) is 11.6 Å². The first-order valence-corrected chi connectivity index (χ1v) is 7.13. The van der Waals surface area contributed by atoms with Crippen LogP contribution in [0.4, 0.5) is 4.39 Å². The maximum Gasteiger partial charge on any atom is 0.123 e. The predicted molar refractivity (Wildman–Crippen MR) is 83.0 cm³/mol. The van der Waals surface area contributed by atoms with Crippen LogP contribution in [-0.2, 0) is 6.42 Å². The fraction of sp³-hybridized carbons (Fsp3) is 0.294. The third kappa shape index (κ3) is 3.59. The van der Waals surface area contributed by atoms with Crippen molar-refractivity contribution in [3.05, 3.63) is 70.0 Å². The maximum absolute atomic E-state index is 13.2. The third-order valence-corrected chi connectivity index (χ3v) is 3.91. The van der Waals surface area contributed by atoms with Gasteiger partial charge in [0.2, 0.25) is 0 Å². The van der Waals surface area contributed by atoms with Gasteiger partial charge in [0, 0.05) is 17.5 Å². The summed E-state index contributed by atoms with van der Waals surface area (Å²) < 4.78 is 13.2. The van der Waals surface area contributed by atoms with Crippen molar-refractivity contribution < 1.29 is 4.39 Å². The van der Waals surface area contributed by atoms with E-state index < -0.39 is 0 Å². The Hall–Kier alpha value is -1.38. The van der Waals surface area contributed by atoms with Gasteiger partial charge in [0.15, 0.2) is 0 Å². The zero-order chi connectivity index (χ0) is 14.5. The second-order valence-electron chi connectivity index (χ2n) is 5.05. The van der Waals surface area contributed by atoms with E-state index in [0.717, 1.165) is 34.7 Å². The fourth-order valence-electron chi connectivity index (χ4n) is 2.50. The summed E-state index contributed by atoms with van der Waals surface area (Å²) in [6, 6.07) is 12.9. The minimum Gasteiger partial charge on any atom is -0.319 e. The van der Waals surface area contributed by atoms with Gasteiger partial charge in [0.25, 0.3) is 0 Å². The standard InChI is InChI=1S/C17H19ClFN/c1-12-9-15(19)8-7-13(12)10-14(11-20-2)16-5-3-4-6-17(16)18/h3-9,14,20H,10-11H2,1-2H3. The summed E-state index contributed by atoms with van der Waals surface area (Å²) in [6.45, 7) is 2.78. The Labute approximate surface area is 124 Å². The van der Waals surface area contributed by atoms with Gasteiger partial charge in [-0.3, -0.25) is 0 Å². The van der Waals surface area contributed by atoms with Crippen LogP contribution in [0.5, 0.6) is 0 Å². The molecule has 0 amide bonds. The Kier molecular flexibility index (Phi) is 5.16. The largest absolute Gasteiger partial charge is 0.319 e. The molecule has 20 heavy (non-hydrogen) atoms. The highest BCUT2D eigenvalue weighted by Crippen LogP contribution is 2.28. The highest BCUT2D eigenvalue weighted by atomic mass is 35.5. The lowest BCUT2D eigenvalue weighted by Crippen LogP contribution is -2.19. The highest BCUT2D eigenvalue weighted by molar-refractivity contribution is 6.31. The molecule has 2 rings (SSSR count). The second kappa shape index (κ2) is 6.87. The van der Waals surface area contributed by atoms with Crippen molar-refractivity contribution in [1.82, 2.24) is 5.32 Å². The average molecular weight is 292 g/mol. The molecule has 0 saturated carbocycles. The zero-order valence-corrected chi connectivity index (χ0v) is 12.5. The predicted octanol–water partition coefficient (Wildman–Crippen LogP) is 4.33. The van der Waals surface area contributed by atoms with Gasteiger partial charge in [-0.05, 0) is 55.3 Å². The molecule has 3 heteroatoms. The molecule has 0 aliphatic carbocycles. The van der Waals surface area contributed by atoms with E-state index in [1.165, 1.54) is 6.07 Å². The second-order valence-corrected chi connectivity index (χ2v) is 5.46. The zero-order valence-electron chi connectivity index (χ0n) is 11.8. The number of benzene rings is 2. The van der Waals surface area contributed by atoms with Crippen LogP contribution in [0, 0.1) is 12.7 Å². The highest BCUT2D eigenvalue weighted by Gasteiger charge is 2.15. The molecule has 0 spiro atoms. The normalized spacial score (nSPS) is 12.4. The summed E-state index contributed by atoms with van der Waals surface area (Å²) in [5.74, 6) is 0.0898. The van der Waals surface area contributed by atoms with Gasteiger partial charge in [-0.1, -0.05) is 35.9 Å². The van der Waals surface area contributed by atoms with Crippen LogP contribution in [-0.4, -0.2) is 13.6 Å². The average Bonchev–Trinajstić information content (AvgIpc) is 2.42. The van der Waals surface area contributed by atoms with Crippen molar-refractivity contribution in [3.63, 3.8) is 0 Å². The Bertz CT molecular complexity index is 583. The van der Waals surface area contributed by atoms with Crippen molar-refractivity contribution in [1.29, 1.82) is 0 Å². The van der Waals surface area contributed by atoms with E-state index in [-0.39, 0.29) is 11.7 Å². The number of likely N-dealkylation sites (N-methyl/N-ethyl adjacent to an activating group) is 1. The number of nitrogens with one attached hydrogen (secondary N) is 1. The van der Waals surface area contributed by atoms with E-state index in [1.54, 1.807) is 6.07 Å². The quantitative estimate of drug-likeness (QED) is 0.864. The van der Waals surface area contributed by atoms with Crippen LogP contribution >= 0.6 is 11.6 Å². The molecule has 0 aliphatic heterocycles. The van der Waals surface area contributed by atoms with Crippen molar-refractivity contribution in [3.8, 4) is 0 Å². The van der Waals surface area contributed by atoms with Gasteiger partial charge in [0.1, 0.15) is 5.82 Å². The SMILES string of the molecule is CNCC(Cc1ccc(F)cc1C)c1ccccc1Cl. The smallest absolute Gasteiger partial charge is 0.123 e. The summed E-state index contributed by atoms with van der Waals surface area (Å²) in [6.07, 6.45) is 0.844. The molecule has 1 nitrogen and oxygen atoms in total. The summed E-state index contributed by atoms with van der Waals surface area (Å²) in [4.78, 5) is 0. The molecular weight excluding hydrogens is 273 g/mol. The number of aryl methyl sites for hydroxylation is 1. The Morgan fingerprint density at radius 1 is 1.20 bits per heavy atom. The van der Waals surface area contributed by atoms with E-state index in [9.17, 15) is 4.39 Å². The molecule has 1 unspecified atom stereocenters. The van der Waals surface area contributed by atoms with Crippen molar-refractivity contribution in [2.24, 2.45) is 0 Å². The maximum atomic E-state index is 13.2. The Morgan fingerprint density at radius 2 is 1.95 bits per heavy atom. The van der Waals surface area contributed by atoms with E-state index in [0.29, 0.717) is 0 Å². The molecule has 2 aromatic carbocycles. The molecule has 106 valence electrons. The van der Waals surface area contributed by atoms with Gasteiger partial charge in [-0.25, -0.2) is 4.39 Å². The first-order valence-electron chi connectivity index (χ1n) is 6.76. The molecule has 1 N–H and O–H groups in total. The van der Waals surface area contributed by atoms with Gasteiger partial charge < -0.3 is 5.32 Å². The van der Waals surface area contributed by atoms with Crippen LogP contribution in [0.25, 0.3) is 0 Å². The topological polar surface area (TPSA) is 12.0 Å². The van der Waals surface area contributed by atoms with Crippen LogP contribution < -0.4 is 5.32 Å². The van der Waals surface area contributed by atoms with Gasteiger partial charge in [-0.15, -0.1) is 0 Å². The molecule has 0 heterocycles. The van der Waals surface area contributed by atoms with E-state index in [2.05, 4.69) is 11.4 Å². The van der Waals surface area contributed by atoms with Crippen molar-refractivity contribution in [2.45, 2.75) is 19.3 Å². The number of halogens is 2. The third-order valence-electron chi connectivity index (χ3n) is 3.57. The molecule has 0 bridgehead atoms. The minimum atomic E-state index is -0.186. The van der Waals surface area contributed by atoms with Crippen molar-refractivity contribution >= 4 is 11.6 Å². The van der Waals surface area contributed by atoms with Gasteiger partial charge >= 0.3 is 0 Å².